The van der Waals surface area contributed by atoms with Gasteiger partial charge in [0.2, 0.25) is 0 Å². The number of nitrogens with one attached hydrogen (secondary N) is 2. The van der Waals surface area contributed by atoms with Gasteiger partial charge in [-0.05, 0) is 38.5 Å². The normalized spacial score (nSPS) is 12.8. The fourth-order valence-electron chi connectivity index (χ4n) is 3.15. The van der Waals surface area contributed by atoms with Gasteiger partial charge in [0.05, 0.1) is 0 Å². The fraction of sp³-hybridized carbons (Fsp3) is 0.917. The number of amides is 2. The molecule has 0 saturated carbocycles. The Morgan fingerprint density at radius 3 is 1.34 bits per heavy atom. The molecule has 0 radical (unpaired) electrons. The van der Waals surface area contributed by atoms with Gasteiger partial charge in [-0.3, -0.25) is 9.78 Å². The maximum Gasteiger partial charge on any atom is 0.438 e. The second-order valence-electron chi connectivity index (χ2n) is 8.25. The summed E-state index contributed by atoms with van der Waals surface area (Å²) in [7, 11) is 0. The first-order chi connectivity index (χ1) is 15.6. The van der Waals surface area contributed by atoms with E-state index >= 15 is 0 Å². The van der Waals surface area contributed by atoms with Gasteiger partial charge in [-0.15, -0.1) is 0 Å². The standard InChI is InChI=1S/C24H48N2O6/c1-5-9-13-17-21(7-3)29-31-23(27)25-19-15-11-12-16-20-26-24(28)32-30-22(8-4)18-14-10-6-2/h21-22H,5-20H2,1-4H3,(H,25,27)(H,26,28). The van der Waals surface area contributed by atoms with E-state index in [0.29, 0.717) is 13.1 Å². The molecule has 0 saturated heterocycles. The predicted molar refractivity (Wildman–Crippen MR) is 126 cm³/mol. The summed E-state index contributed by atoms with van der Waals surface area (Å²) in [5, 5.41) is 5.39. The zero-order chi connectivity index (χ0) is 23.9. The van der Waals surface area contributed by atoms with Gasteiger partial charge in [-0.25, -0.2) is 9.59 Å². The molecule has 0 aromatic heterocycles. The van der Waals surface area contributed by atoms with Crippen molar-refractivity contribution in [3.63, 3.8) is 0 Å². The van der Waals surface area contributed by atoms with Crippen molar-refractivity contribution in [2.24, 2.45) is 0 Å². The second-order valence-corrected chi connectivity index (χ2v) is 8.25. The molecule has 0 spiro atoms. The summed E-state index contributed by atoms with van der Waals surface area (Å²) < 4.78 is 0. The van der Waals surface area contributed by atoms with Crippen LogP contribution in [0.5, 0.6) is 0 Å². The molecule has 32 heavy (non-hydrogen) atoms. The molecule has 0 heterocycles. The Hall–Kier alpha value is -1.54. The Balaban J connectivity index is 3.58. The van der Waals surface area contributed by atoms with Gasteiger partial charge in [0, 0.05) is 13.1 Å². The minimum Gasteiger partial charge on any atom is -0.319 e. The third-order valence-corrected chi connectivity index (χ3v) is 5.33. The smallest absolute Gasteiger partial charge is 0.319 e. The molecule has 2 amide bonds. The van der Waals surface area contributed by atoms with E-state index in [0.717, 1.165) is 89.9 Å². The number of unbranched alkanes of at least 4 members (excludes halogenated alkanes) is 7. The molecule has 8 nitrogen and oxygen atoms in total. The molecule has 0 fully saturated rings. The summed E-state index contributed by atoms with van der Waals surface area (Å²) in [5.41, 5.74) is 0. The van der Waals surface area contributed by atoms with E-state index < -0.39 is 12.2 Å². The first kappa shape index (κ1) is 30.5. The summed E-state index contributed by atoms with van der Waals surface area (Å²) >= 11 is 0. The van der Waals surface area contributed by atoms with E-state index in [1.54, 1.807) is 0 Å². The van der Waals surface area contributed by atoms with Crippen molar-refractivity contribution in [3.05, 3.63) is 0 Å². The minimum absolute atomic E-state index is 0.0363. The van der Waals surface area contributed by atoms with E-state index in [1.165, 1.54) is 0 Å². The molecule has 0 aromatic carbocycles. The molecule has 0 bridgehead atoms. The van der Waals surface area contributed by atoms with Gasteiger partial charge in [0.25, 0.3) is 0 Å². The van der Waals surface area contributed by atoms with Gasteiger partial charge < -0.3 is 10.6 Å². The molecule has 8 heteroatoms. The van der Waals surface area contributed by atoms with Crippen molar-refractivity contribution < 1.29 is 29.1 Å². The lowest BCUT2D eigenvalue weighted by Crippen LogP contribution is -2.28. The highest BCUT2D eigenvalue weighted by atomic mass is 17.2. The third-order valence-electron chi connectivity index (χ3n) is 5.33. The fourth-order valence-corrected chi connectivity index (χ4v) is 3.15. The average molecular weight is 461 g/mol. The number of rotatable bonds is 21. The largest absolute Gasteiger partial charge is 0.438 e. The first-order valence-electron chi connectivity index (χ1n) is 12.8. The van der Waals surface area contributed by atoms with Crippen molar-refractivity contribution in [2.75, 3.05) is 13.1 Å². The molecule has 2 atom stereocenters. The van der Waals surface area contributed by atoms with Gasteiger partial charge >= 0.3 is 12.2 Å². The zero-order valence-corrected chi connectivity index (χ0v) is 20.9. The summed E-state index contributed by atoms with van der Waals surface area (Å²) in [5.74, 6) is 0. The van der Waals surface area contributed by atoms with E-state index in [-0.39, 0.29) is 12.2 Å². The van der Waals surface area contributed by atoms with Crippen molar-refractivity contribution >= 4 is 12.2 Å². The van der Waals surface area contributed by atoms with Gasteiger partial charge in [0.15, 0.2) is 0 Å². The van der Waals surface area contributed by atoms with Crippen LogP contribution in [0, 0.1) is 0 Å². The van der Waals surface area contributed by atoms with Crippen LogP contribution < -0.4 is 10.6 Å². The molecule has 2 N–H and O–H groups in total. The van der Waals surface area contributed by atoms with Crippen LogP contribution in [-0.2, 0) is 19.6 Å². The summed E-state index contributed by atoms with van der Waals surface area (Å²) in [4.78, 5) is 43.5. The van der Waals surface area contributed by atoms with Gasteiger partial charge in [-0.1, -0.05) is 79.1 Å². The Kier molecular flexibility index (Phi) is 21.6. The van der Waals surface area contributed by atoms with Crippen LogP contribution in [0.25, 0.3) is 0 Å². The zero-order valence-electron chi connectivity index (χ0n) is 20.9. The van der Waals surface area contributed by atoms with Crippen molar-refractivity contribution in [3.8, 4) is 0 Å². The topological polar surface area (TPSA) is 95.1 Å². The Labute approximate surface area is 195 Å². The molecular formula is C24H48N2O6. The summed E-state index contributed by atoms with van der Waals surface area (Å²) in [6.45, 7) is 9.43. The third kappa shape index (κ3) is 19.2. The molecule has 0 aliphatic heterocycles. The molecule has 0 aliphatic rings. The molecule has 0 rings (SSSR count). The van der Waals surface area contributed by atoms with Crippen molar-refractivity contribution in [1.82, 2.24) is 10.6 Å². The van der Waals surface area contributed by atoms with E-state index in [2.05, 4.69) is 24.5 Å². The number of carbonyl (C=O) groups is 2. The van der Waals surface area contributed by atoms with Crippen LogP contribution in [-0.4, -0.2) is 37.5 Å². The molecule has 0 aromatic rings. The van der Waals surface area contributed by atoms with Crippen molar-refractivity contribution in [2.45, 2.75) is 130 Å². The second kappa shape index (κ2) is 22.6. The lowest BCUT2D eigenvalue weighted by molar-refractivity contribution is -0.274. The van der Waals surface area contributed by atoms with E-state index in [4.69, 9.17) is 19.6 Å². The number of carbonyl (C=O) groups excluding carboxylic acids is 2. The van der Waals surface area contributed by atoms with Crippen LogP contribution in [0.2, 0.25) is 0 Å². The summed E-state index contributed by atoms with van der Waals surface area (Å²) in [6.07, 6.45) is 12.7. The Bertz CT molecular complexity index is 410. The van der Waals surface area contributed by atoms with Crippen LogP contribution in [0.1, 0.15) is 118 Å². The van der Waals surface area contributed by atoms with Crippen LogP contribution >= 0.6 is 0 Å². The first-order valence-corrected chi connectivity index (χ1v) is 12.8. The maximum absolute atomic E-state index is 11.7. The SMILES string of the molecule is CCCCCC(CC)OOC(=O)NCCCCCCNC(=O)OOC(CC)CCCCC. The Morgan fingerprint density at radius 1 is 0.594 bits per heavy atom. The maximum atomic E-state index is 11.7. The van der Waals surface area contributed by atoms with Crippen LogP contribution in [0.4, 0.5) is 9.59 Å². The highest BCUT2D eigenvalue weighted by Crippen LogP contribution is 2.11. The predicted octanol–water partition coefficient (Wildman–Crippen LogP) is 6.58. The van der Waals surface area contributed by atoms with Crippen LogP contribution in [0.3, 0.4) is 0 Å². The quantitative estimate of drug-likeness (QED) is 0.114. The molecular weight excluding hydrogens is 412 g/mol. The van der Waals surface area contributed by atoms with E-state index in [1.807, 2.05) is 13.8 Å². The Morgan fingerprint density at radius 2 is 1.00 bits per heavy atom. The minimum atomic E-state index is -0.538. The lowest BCUT2D eigenvalue weighted by Gasteiger charge is -2.14. The average Bonchev–Trinajstić information content (AvgIpc) is 2.80. The highest BCUT2D eigenvalue weighted by molar-refractivity contribution is 5.66. The highest BCUT2D eigenvalue weighted by Gasteiger charge is 2.12. The van der Waals surface area contributed by atoms with Crippen LogP contribution in [0.15, 0.2) is 0 Å². The van der Waals surface area contributed by atoms with Crippen molar-refractivity contribution in [1.29, 1.82) is 0 Å². The number of hydrogen-bond donors (Lipinski definition) is 2. The monoisotopic (exact) mass is 460 g/mol. The summed E-state index contributed by atoms with van der Waals surface area (Å²) in [6, 6.07) is 0. The van der Waals surface area contributed by atoms with Gasteiger partial charge in [0.1, 0.15) is 12.2 Å². The number of hydrogen-bond acceptors (Lipinski definition) is 6. The molecule has 190 valence electrons. The molecule has 2 unspecified atom stereocenters. The van der Waals surface area contributed by atoms with Gasteiger partial charge in [-0.2, -0.15) is 9.78 Å². The van der Waals surface area contributed by atoms with E-state index in [9.17, 15) is 9.59 Å². The lowest BCUT2D eigenvalue weighted by atomic mass is 10.1. The molecule has 0 aliphatic carbocycles.